The van der Waals surface area contributed by atoms with E-state index in [2.05, 4.69) is 11.8 Å². The molecule has 0 aliphatic carbocycles. The monoisotopic (exact) mass is 554 g/mol. The second-order valence-electron chi connectivity index (χ2n) is 11.1. The highest BCUT2D eigenvalue weighted by Crippen LogP contribution is 2.35. The number of benzene rings is 1. The molecule has 1 aromatic carbocycles. The summed E-state index contributed by atoms with van der Waals surface area (Å²) in [5.41, 5.74) is 2.33. The smallest absolute Gasteiger partial charge is 0.409 e. The van der Waals surface area contributed by atoms with Crippen molar-refractivity contribution in [3.63, 3.8) is 0 Å². The number of piperidine rings is 1. The van der Waals surface area contributed by atoms with Gasteiger partial charge in [0.1, 0.15) is 5.75 Å². The lowest BCUT2D eigenvalue weighted by molar-refractivity contribution is -0.133. The molecule has 0 radical (unpaired) electrons. The van der Waals surface area contributed by atoms with Crippen LogP contribution >= 0.6 is 0 Å². The van der Waals surface area contributed by atoms with Gasteiger partial charge in [-0.1, -0.05) is 34.1 Å². The van der Waals surface area contributed by atoms with Gasteiger partial charge in [-0.25, -0.2) is 18.7 Å². The lowest BCUT2D eigenvalue weighted by Crippen LogP contribution is -2.64. The fourth-order valence-corrected chi connectivity index (χ4v) is 6.76. The molecule has 0 unspecified atom stereocenters. The number of ether oxygens (including phenoxy) is 2. The number of carbonyl (C=O) groups is 2. The zero-order valence-corrected chi connectivity index (χ0v) is 23.8. The Morgan fingerprint density at radius 1 is 1.03 bits per heavy atom. The van der Waals surface area contributed by atoms with Gasteiger partial charge < -0.3 is 19.3 Å². The molecule has 1 aromatic rings. The molecule has 214 valence electrons. The number of hydrogen-bond donors (Lipinski definition) is 2. The Morgan fingerprint density at radius 3 is 2.16 bits per heavy atom. The number of nitrogens with one attached hydrogen (secondary N) is 1. The number of nitrogens with zero attached hydrogens (tertiary/aromatic N) is 3. The number of rotatable bonds is 9. The third-order valence-electron chi connectivity index (χ3n) is 7.01. The van der Waals surface area contributed by atoms with E-state index >= 15 is 0 Å². The van der Waals surface area contributed by atoms with Crippen LogP contribution in [-0.2, 0) is 19.6 Å². The first-order chi connectivity index (χ1) is 17.9. The molecule has 12 heteroatoms. The largest absolute Gasteiger partial charge is 0.494 e. The number of hydroxylamine groups is 1. The van der Waals surface area contributed by atoms with Gasteiger partial charge in [0.2, 0.25) is 10.0 Å². The molecule has 2 fully saturated rings. The number of likely N-dealkylation sites (tertiary alicyclic amines) is 1. The van der Waals surface area contributed by atoms with Gasteiger partial charge in [0.05, 0.1) is 13.2 Å². The van der Waals surface area contributed by atoms with E-state index in [0.29, 0.717) is 19.7 Å². The fourth-order valence-electron chi connectivity index (χ4n) is 4.65. The van der Waals surface area contributed by atoms with E-state index in [1.807, 2.05) is 45.0 Å². The Morgan fingerprint density at radius 2 is 1.63 bits per heavy atom. The average molecular weight is 555 g/mol. The lowest BCUT2D eigenvalue weighted by Gasteiger charge is -2.43. The Bertz CT molecular complexity index is 1040. The van der Waals surface area contributed by atoms with Gasteiger partial charge in [-0.2, -0.15) is 4.31 Å². The number of carbonyl (C=O) groups excluding carboxylic acids is 2. The van der Waals surface area contributed by atoms with Crippen molar-refractivity contribution in [2.24, 2.45) is 5.41 Å². The summed E-state index contributed by atoms with van der Waals surface area (Å²) in [5, 5.41) is 9.44. The van der Waals surface area contributed by atoms with Gasteiger partial charge in [-0.3, -0.25) is 10.0 Å². The minimum absolute atomic E-state index is 0.0300. The minimum Gasteiger partial charge on any atom is -0.494 e. The zero-order valence-electron chi connectivity index (χ0n) is 22.9. The summed E-state index contributed by atoms with van der Waals surface area (Å²) in [6, 6.07) is 7.74. The molecule has 0 bridgehead atoms. The second-order valence-corrected chi connectivity index (χ2v) is 13.4. The highest BCUT2D eigenvalue weighted by molar-refractivity contribution is 7.91. The third kappa shape index (κ3) is 6.89. The molecular weight excluding hydrogens is 512 g/mol. The molecule has 0 spiro atoms. The van der Waals surface area contributed by atoms with Crippen LogP contribution in [0.2, 0.25) is 0 Å². The number of anilines is 1. The number of sulfonamides is 1. The first-order valence-corrected chi connectivity index (χ1v) is 14.7. The molecule has 0 aromatic heterocycles. The average Bonchev–Trinajstić information content (AvgIpc) is 2.91. The van der Waals surface area contributed by atoms with Crippen molar-refractivity contribution in [2.45, 2.75) is 58.1 Å². The third-order valence-corrected chi connectivity index (χ3v) is 9.64. The van der Waals surface area contributed by atoms with E-state index in [4.69, 9.17) is 9.47 Å². The van der Waals surface area contributed by atoms with E-state index in [1.165, 1.54) is 9.21 Å². The molecule has 2 saturated heterocycles. The Balaban J connectivity index is 1.64. The molecule has 11 nitrogen and oxygen atoms in total. The van der Waals surface area contributed by atoms with Crippen LogP contribution in [0.5, 0.6) is 5.75 Å². The highest BCUT2D eigenvalue weighted by atomic mass is 32.2. The predicted molar refractivity (Wildman–Crippen MR) is 144 cm³/mol. The summed E-state index contributed by atoms with van der Waals surface area (Å²) in [7, 11) is -4.13. The van der Waals surface area contributed by atoms with Crippen LogP contribution in [0.15, 0.2) is 24.3 Å². The summed E-state index contributed by atoms with van der Waals surface area (Å²) < 4.78 is 38.1. The van der Waals surface area contributed by atoms with Gasteiger partial charge in [0.25, 0.3) is 5.91 Å². The molecule has 2 heterocycles. The maximum Gasteiger partial charge on any atom is 0.409 e. The second kappa shape index (κ2) is 12.5. The Labute approximate surface area is 226 Å². The molecule has 38 heavy (non-hydrogen) atoms. The van der Waals surface area contributed by atoms with Crippen LogP contribution in [0, 0.1) is 5.41 Å². The summed E-state index contributed by atoms with van der Waals surface area (Å²) in [6.07, 6.45) is 1.26. The number of unbranched alkanes of at least 4 members (excludes halogenated alkanes) is 1. The molecule has 0 atom stereocenters. The normalized spacial score (nSPS) is 18.7. The molecule has 0 saturated carbocycles. The van der Waals surface area contributed by atoms with Gasteiger partial charge in [-0.15, -0.1) is 0 Å². The maximum atomic E-state index is 13.8. The summed E-state index contributed by atoms with van der Waals surface area (Å²) in [5.74, 6) is -0.171. The minimum atomic E-state index is -4.13. The van der Waals surface area contributed by atoms with Crippen LogP contribution in [0.3, 0.4) is 0 Å². The van der Waals surface area contributed by atoms with Crippen molar-refractivity contribution in [3.8, 4) is 5.75 Å². The van der Waals surface area contributed by atoms with Crippen molar-refractivity contribution in [3.05, 3.63) is 24.3 Å². The van der Waals surface area contributed by atoms with E-state index in [-0.39, 0.29) is 51.0 Å². The van der Waals surface area contributed by atoms with Crippen molar-refractivity contribution < 1.29 is 32.7 Å². The van der Waals surface area contributed by atoms with Crippen LogP contribution in [0.4, 0.5) is 10.5 Å². The van der Waals surface area contributed by atoms with Gasteiger partial charge >= 0.3 is 6.09 Å². The SMILES string of the molecule is CCCCOc1ccc(N2CCN(S(=O)(=O)C3(C(=O)NO)CCN(C(=O)OCC(C)(C)C)CC3)CC2)cc1. The molecule has 2 aliphatic heterocycles. The van der Waals surface area contributed by atoms with Crippen LogP contribution in [0.25, 0.3) is 0 Å². The van der Waals surface area contributed by atoms with Gasteiger partial charge in [-0.05, 0) is 48.9 Å². The summed E-state index contributed by atoms with van der Waals surface area (Å²) in [6.45, 7) is 10.2. The number of amides is 2. The first-order valence-electron chi connectivity index (χ1n) is 13.3. The van der Waals surface area contributed by atoms with Crippen LogP contribution < -0.4 is 15.1 Å². The topological polar surface area (TPSA) is 129 Å². The molecule has 2 amide bonds. The predicted octanol–water partition coefficient (Wildman–Crippen LogP) is 2.84. The standard InChI is InChI=1S/C26H42N4O7S/c1-5-6-19-36-22-9-7-21(8-10-22)28-15-17-30(18-16-28)38(34,35)26(23(31)27-33)11-13-29(14-12-26)24(32)37-20-25(2,3)4/h7-10,33H,5-6,11-20H2,1-4H3,(H,27,31). The quantitative estimate of drug-likeness (QED) is 0.271. The van der Waals surface area contributed by atoms with E-state index in [0.717, 1.165) is 24.3 Å². The summed E-state index contributed by atoms with van der Waals surface area (Å²) >= 11 is 0. The lowest BCUT2D eigenvalue weighted by atomic mass is 9.95. The van der Waals surface area contributed by atoms with E-state index < -0.39 is 26.8 Å². The Hall–Kier alpha value is -2.57. The number of piperazine rings is 1. The maximum absolute atomic E-state index is 13.8. The molecule has 3 rings (SSSR count). The van der Waals surface area contributed by atoms with E-state index in [9.17, 15) is 23.2 Å². The molecule has 2 N–H and O–H groups in total. The van der Waals surface area contributed by atoms with Gasteiger partial charge in [0, 0.05) is 45.0 Å². The molecular formula is C26H42N4O7S. The van der Waals surface area contributed by atoms with Crippen molar-refractivity contribution >= 4 is 27.7 Å². The van der Waals surface area contributed by atoms with Crippen molar-refractivity contribution in [1.82, 2.24) is 14.7 Å². The first kappa shape index (κ1) is 30.0. The molecule has 2 aliphatic rings. The Kier molecular flexibility index (Phi) is 9.88. The zero-order chi connectivity index (χ0) is 28.0. The summed E-state index contributed by atoms with van der Waals surface area (Å²) in [4.78, 5) is 28.8. The fraction of sp³-hybridized carbons (Fsp3) is 0.692. The van der Waals surface area contributed by atoms with Gasteiger partial charge in [0.15, 0.2) is 4.75 Å². The highest BCUT2D eigenvalue weighted by Gasteiger charge is 2.55. The van der Waals surface area contributed by atoms with Crippen LogP contribution in [0.1, 0.15) is 53.4 Å². The van der Waals surface area contributed by atoms with Crippen molar-refractivity contribution in [1.29, 1.82) is 0 Å². The number of hydrogen-bond acceptors (Lipinski definition) is 8. The van der Waals surface area contributed by atoms with Crippen LogP contribution in [-0.4, -0.2) is 92.1 Å². The van der Waals surface area contributed by atoms with E-state index in [1.54, 1.807) is 5.48 Å². The van der Waals surface area contributed by atoms with Crippen molar-refractivity contribution in [2.75, 3.05) is 57.4 Å².